The van der Waals surface area contributed by atoms with Gasteiger partial charge in [-0.15, -0.1) is 0 Å². The molecule has 0 saturated carbocycles. The van der Waals surface area contributed by atoms with Crippen molar-refractivity contribution in [3.8, 4) is 6.01 Å². The van der Waals surface area contributed by atoms with E-state index in [4.69, 9.17) is 16.3 Å². The van der Waals surface area contributed by atoms with Crippen LogP contribution in [0.3, 0.4) is 0 Å². The number of likely N-dealkylation sites (tertiary alicyclic amines) is 1. The molecule has 2 heterocycles. The number of benzene rings is 1. The highest BCUT2D eigenvalue weighted by atomic mass is 35.5. The zero-order chi connectivity index (χ0) is 20.3. The lowest BCUT2D eigenvalue weighted by Gasteiger charge is -2.32. The van der Waals surface area contributed by atoms with Gasteiger partial charge in [-0.2, -0.15) is 0 Å². The zero-order valence-corrected chi connectivity index (χ0v) is 17.2. The van der Waals surface area contributed by atoms with Gasteiger partial charge in [-0.25, -0.2) is 22.7 Å². The largest absolute Gasteiger partial charge is 0.458 e. The second-order valence-electron chi connectivity index (χ2n) is 6.63. The molecule has 0 radical (unpaired) electrons. The molecule has 1 saturated heterocycles. The van der Waals surface area contributed by atoms with Gasteiger partial charge in [0.2, 0.25) is 10.0 Å². The van der Waals surface area contributed by atoms with E-state index < -0.39 is 10.0 Å². The quantitative estimate of drug-likeness (QED) is 0.729. The van der Waals surface area contributed by atoms with Crippen LogP contribution in [0.1, 0.15) is 23.2 Å². The van der Waals surface area contributed by atoms with Crippen molar-refractivity contribution >= 4 is 27.5 Å². The van der Waals surface area contributed by atoms with E-state index in [1.54, 1.807) is 4.90 Å². The third-order valence-corrected chi connectivity index (χ3v) is 6.44. The van der Waals surface area contributed by atoms with Gasteiger partial charge in [0.1, 0.15) is 6.10 Å². The van der Waals surface area contributed by atoms with Gasteiger partial charge < -0.3 is 9.64 Å². The van der Waals surface area contributed by atoms with Gasteiger partial charge in [0, 0.05) is 26.2 Å². The molecule has 3 rings (SSSR count). The number of carbonyl (C=O) groups is 1. The molecule has 0 N–H and O–H groups in total. The highest BCUT2D eigenvalue weighted by molar-refractivity contribution is 7.89. The molecule has 2 aromatic rings. The van der Waals surface area contributed by atoms with E-state index in [1.165, 1.54) is 50.8 Å². The number of aromatic nitrogens is 2. The maximum Gasteiger partial charge on any atom is 0.316 e. The summed E-state index contributed by atoms with van der Waals surface area (Å²) in [4.78, 5) is 22.7. The van der Waals surface area contributed by atoms with E-state index in [2.05, 4.69) is 9.97 Å². The molecule has 1 aliphatic rings. The standard InChI is InChI=1S/C18H21ClN4O4S/c1-22(2)28(25,26)16-7-5-13(6-8-16)17(24)23-9-3-4-15(12-23)27-18-20-10-14(19)11-21-18/h5-8,10-11,15H,3-4,9,12H2,1-2H3. The average molecular weight is 425 g/mol. The van der Waals surface area contributed by atoms with Crippen LogP contribution in [0, 0.1) is 0 Å². The summed E-state index contributed by atoms with van der Waals surface area (Å²) >= 11 is 5.77. The minimum atomic E-state index is -3.53. The summed E-state index contributed by atoms with van der Waals surface area (Å²) in [5, 5.41) is 0.424. The summed E-state index contributed by atoms with van der Waals surface area (Å²) < 4.78 is 31.2. The fourth-order valence-corrected chi connectivity index (χ4v) is 3.89. The van der Waals surface area contributed by atoms with Crippen molar-refractivity contribution in [2.24, 2.45) is 0 Å². The number of amides is 1. The first kappa shape index (κ1) is 20.5. The Morgan fingerprint density at radius 3 is 2.46 bits per heavy atom. The normalized spacial score (nSPS) is 17.6. The Hall–Kier alpha value is -2.23. The summed E-state index contributed by atoms with van der Waals surface area (Å²) in [6, 6.07) is 6.18. The molecule has 1 fully saturated rings. The number of nitrogens with zero attached hydrogens (tertiary/aromatic N) is 4. The first-order valence-electron chi connectivity index (χ1n) is 8.73. The summed E-state index contributed by atoms with van der Waals surface area (Å²) in [5.41, 5.74) is 0.432. The fraction of sp³-hybridized carbons (Fsp3) is 0.389. The Bertz CT molecular complexity index is 933. The molecule has 0 aliphatic carbocycles. The first-order chi connectivity index (χ1) is 13.3. The van der Waals surface area contributed by atoms with E-state index in [-0.39, 0.29) is 22.9 Å². The van der Waals surface area contributed by atoms with Crippen molar-refractivity contribution in [2.75, 3.05) is 27.2 Å². The average Bonchev–Trinajstić information content (AvgIpc) is 2.69. The molecule has 1 unspecified atom stereocenters. The van der Waals surface area contributed by atoms with Crippen LogP contribution in [0.15, 0.2) is 41.6 Å². The van der Waals surface area contributed by atoms with Crippen LogP contribution in [0.25, 0.3) is 0 Å². The van der Waals surface area contributed by atoms with Gasteiger partial charge >= 0.3 is 6.01 Å². The van der Waals surface area contributed by atoms with Crippen LogP contribution >= 0.6 is 11.6 Å². The van der Waals surface area contributed by atoms with E-state index in [1.807, 2.05) is 0 Å². The monoisotopic (exact) mass is 424 g/mol. The van der Waals surface area contributed by atoms with Crippen LogP contribution in [0.2, 0.25) is 5.02 Å². The highest BCUT2D eigenvalue weighted by Crippen LogP contribution is 2.20. The molecule has 0 spiro atoms. The summed E-state index contributed by atoms with van der Waals surface area (Å²) in [6.07, 6.45) is 4.28. The second-order valence-corrected chi connectivity index (χ2v) is 9.22. The van der Waals surface area contributed by atoms with Crippen LogP contribution < -0.4 is 4.74 Å². The van der Waals surface area contributed by atoms with Crippen molar-refractivity contribution in [1.82, 2.24) is 19.2 Å². The molecule has 1 amide bonds. The summed E-state index contributed by atoms with van der Waals surface area (Å²) in [7, 11) is -0.596. The van der Waals surface area contributed by atoms with Crippen LogP contribution in [0.4, 0.5) is 0 Å². The van der Waals surface area contributed by atoms with E-state index >= 15 is 0 Å². The molecular formula is C18H21ClN4O4S. The van der Waals surface area contributed by atoms with Crippen molar-refractivity contribution in [2.45, 2.75) is 23.8 Å². The summed E-state index contributed by atoms with van der Waals surface area (Å²) in [5.74, 6) is -0.167. The second kappa shape index (κ2) is 8.42. The van der Waals surface area contributed by atoms with Gasteiger partial charge in [-0.3, -0.25) is 4.79 Å². The lowest BCUT2D eigenvalue weighted by molar-refractivity contribution is 0.0516. The molecular weight excluding hydrogens is 404 g/mol. The molecule has 8 nitrogen and oxygen atoms in total. The number of halogens is 1. The minimum Gasteiger partial charge on any atom is -0.458 e. The van der Waals surface area contributed by atoms with Crippen molar-refractivity contribution in [3.05, 3.63) is 47.2 Å². The highest BCUT2D eigenvalue weighted by Gasteiger charge is 2.27. The Morgan fingerprint density at radius 2 is 1.86 bits per heavy atom. The number of hydrogen-bond acceptors (Lipinski definition) is 6. The number of ether oxygens (including phenoxy) is 1. The Balaban J connectivity index is 1.67. The van der Waals surface area contributed by atoms with Crippen molar-refractivity contribution in [3.63, 3.8) is 0 Å². The number of hydrogen-bond donors (Lipinski definition) is 0. The van der Waals surface area contributed by atoms with E-state index in [9.17, 15) is 13.2 Å². The Labute approximate surface area is 169 Å². The van der Waals surface area contributed by atoms with Gasteiger partial charge in [-0.1, -0.05) is 11.6 Å². The molecule has 28 heavy (non-hydrogen) atoms. The minimum absolute atomic E-state index is 0.147. The molecule has 1 aromatic carbocycles. The van der Waals surface area contributed by atoms with Gasteiger partial charge in [0.05, 0.1) is 28.9 Å². The SMILES string of the molecule is CN(C)S(=O)(=O)c1ccc(C(=O)N2CCCC(Oc3ncc(Cl)cn3)C2)cc1. The smallest absolute Gasteiger partial charge is 0.316 e. The molecule has 150 valence electrons. The summed E-state index contributed by atoms with van der Waals surface area (Å²) in [6.45, 7) is 1.01. The third kappa shape index (κ3) is 4.60. The number of sulfonamides is 1. The zero-order valence-electron chi connectivity index (χ0n) is 15.6. The number of carbonyl (C=O) groups excluding carboxylic acids is 1. The van der Waals surface area contributed by atoms with Gasteiger partial charge in [0.25, 0.3) is 5.91 Å². The van der Waals surface area contributed by atoms with Crippen LogP contribution in [-0.2, 0) is 10.0 Å². The lowest BCUT2D eigenvalue weighted by Crippen LogP contribution is -2.44. The maximum absolute atomic E-state index is 12.8. The number of piperidine rings is 1. The van der Waals surface area contributed by atoms with Crippen LogP contribution in [-0.4, -0.2) is 66.8 Å². The third-order valence-electron chi connectivity index (χ3n) is 4.41. The molecule has 10 heteroatoms. The van der Waals surface area contributed by atoms with E-state index in [0.29, 0.717) is 23.7 Å². The predicted octanol–water partition coefficient (Wildman–Crippen LogP) is 2.06. The van der Waals surface area contributed by atoms with Gasteiger partial charge in [-0.05, 0) is 37.1 Å². The van der Waals surface area contributed by atoms with Gasteiger partial charge in [0.15, 0.2) is 0 Å². The molecule has 1 atom stereocenters. The first-order valence-corrected chi connectivity index (χ1v) is 10.6. The van der Waals surface area contributed by atoms with E-state index in [0.717, 1.165) is 17.1 Å². The van der Waals surface area contributed by atoms with Crippen molar-refractivity contribution in [1.29, 1.82) is 0 Å². The maximum atomic E-state index is 12.8. The van der Waals surface area contributed by atoms with Crippen LogP contribution in [0.5, 0.6) is 6.01 Å². The fourth-order valence-electron chi connectivity index (χ4n) is 2.89. The Kier molecular flexibility index (Phi) is 6.17. The lowest BCUT2D eigenvalue weighted by atomic mass is 10.1. The number of rotatable bonds is 5. The van der Waals surface area contributed by atoms with Crippen molar-refractivity contribution < 1.29 is 17.9 Å². The Morgan fingerprint density at radius 1 is 1.21 bits per heavy atom. The molecule has 0 bridgehead atoms. The molecule has 1 aromatic heterocycles. The predicted molar refractivity (Wildman–Crippen MR) is 104 cm³/mol. The topological polar surface area (TPSA) is 92.7 Å². The molecule has 1 aliphatic heterocycles.